The smallest absolute Gasteiger partial charge is 0.293 e. The van der Waals surface area contributed by atoms with E-state index in [4.69, 9.17) is 5.73 Å². The van der Waals surface area contributed by atoms with Gasteiger partial charge < -0.3 is 5.73 Å². The predicted octanol–water partition coefficient (Wildman–Crippen LogP) is 2.06. The first-order valence-electron chi connectivity index (χ1n) is 3.84. The van der Waals surface area contributed by atoms with Crippen LogP contribution < -0.4 is 5.73 Å². The SMILES string of the molecule is Nc1cc(F)c(C#CCBr)cc1[N+](=O)[O-]. The van der Waals surface area contributed by atoms with Crippen LogP contribution in [-0.2, 0) is 0 Å². The number of anilines is 1. The van der Waals surface area contributed by atoms with Crippen molar-refractivity contribution < 1.29 is 9.31 Å². The average molecular weight is 273 g/mol. The fraction of sp³-hybridized carbons (Fsp3) is 0.111. The highest BCUT2D eigenvalue weighted by Gasteiger charge is 2.14. The van der Waals surface area contributed by atoms with E-state index in [0.29, 0.717) is 5.33 Å². The Morgan fingerprint density at radius 2 is 2.27 bits per heavy atom. The van der Waals surface area contributed by atoms with Crippen molar-refractivity contribution in [1.82, 2.24) is 0 Å². The summed E-state index contributed by atoms with van der Waals surface area (Å²) in [5, 5.41) is 10.9. The Balaban J connectivity index is 3.29. The second-order valence-electron chi connectivity index (χ2n) is 2.58. The molecule has 4 nitrogen and oxygen atoms in total. The van der Waals surface area contributed by atoms with Crippen LogP contribution >= 0.6 is 15.9 Å². The fourth-order valence-electron chi connectivity index (χ4n) is 0.960. The molecule has 0 aliphatic rings. The van der Waals surface area contributed by atoms with Crippen LogP contribution in [0.25, 0.3) is 0 Å². The number of nitrogens with zero attached hydrogens (tertiary/aromatic N) is 1. The number of nitro benzene ring substituents is 1. The Bertz CT molecular complexity index is 465. The van der Waals surface area contributed by atoms with Gasteiger partial charge in [-0.05, 0) is 0 Å². The highest BCUT2D eigenvalue weighted by Crippen LogP contribution is 2.24. The number of nitrogen functional groups attached to an aromatic ring is 1. The number of halogens is 2. The molecule has 0 bridgehead atoms. The Morgan fingerprint density at radius 3 is 2.80 bits per heavy atom. The molecule has 0 saturated heterocycles. The number of rotatable bonds is 1. The van der Waals surface area contributed by atoms with Gasteiger partial charge >= 0.3 is 0 Å². The molecule has 0 aliphatic heterocycles. The Labute approximate surface area is 93.6 Å². The normalized spacial score (nSPS) is 9.20. The molecule has 0 unspecified atom stereocenters. The van der Waals surface area contributed by atoms with E-state index in [1.807, 2.05) is 0 Å². The van der Waals surface area contributed by atoms with Crippen LogP contribution in [0, 0.1) is 27.8 Å². The molecule has 0 heterocycles. The van der Waals surface area contributed by atoms with Crippen molar-refractivity contribution >= 4 is 27.3 Å². The molecule has 78 valence electrons. The largest absolute Gasteiger partial charge is 0.393 e. The molecule has 0 aliphatic carbocycles. The molecule has 1 rings (SSSR count). The van der Waals surface area contributed by atoms with Gasteiger partial charge in [0.05, 0.1) is 15.8 Å². The molecule has 0 saturated carbocycles. The molecule has 0 radical (unpaired) electrons. The lowest BCUT2D eigenvalue weighted by atomic mass is 10.1. The highest BCUT2D eigenvalue weighted by atomic mass is 79.9. The molecule has 0 atom stereocenters. The van der Waals surface area contributed by atoms with Gasteiger partial charge in [0.2, 0.25) is 0 Å². The Hall–Kier alpha value is -1.61. The van der Waals surface area contributed by atoms with Crippen LogP contribution in [0.5, 0.6) is 0 Å². The van der Waals surface area contributed by atoms with E-state index in [0.717, 1.165) is 12.1 Å². The van der Waals surface area contributed by atoms with Crippen LogP contribution in [0.3, 0.4) is 0 Å². The molecule has 15 heavy (non-hydrogen) atoms. The lowest BCUT2D eigenvalue weighted by Crippen LogP contribution is -1.98. The van der Waals surface area contributed by atoms with Gasteiger partial charge in [-0.1, -0.05) is 27.8 Å². The minimum absolute atomic E-state index is 0.0321. The number of hydrogen-bond donors (Lipinski definition) is 1. The van der Waals surface area contributed by atoms with Crippen molar-refractivity contribution in [3.63, 3.8) is 0 Å². The first-order chi connectivity index (χ1) is 7.06. The minimum atomic E-state index is -0.673. The molecular weight excluding hydrogens is 267 g/mol. The van der Waals surface area contributed by atoms with Crippen molar-refractivity contribution in [1.29, 1.82) is 0 Å². The standard InChI is InChI=1S/C9H6BrFN2O2/c10-3-1-2-6-4-9(13(14)15)8(12)5-7(6)11/h4-5H,3,12H2. The fourth-order valence-corrected chi connectivity index (χ4v) is 1.10. The quantitative estimate of drug-likeness (QED) is 0.280. The van der Waals surface area contributed by atoms with E-state index < -0.39 is 10.7 Å². The molecule has 0 aromatic heterocycles. The monoisotopic (exact) mass is 272 g/mol. The predicted molar refractivity (Wildman–Crippen MR) is 58.1 cm³/mol. The summed E-state index contributed by atoms with van der Waals surface area (Å²) in [5.41, 5.74) is 4.70. The third-order valence-corrected chi connectivity index (χ3v) is 1.88. The van der Waals surface area contributed by atoms with Crippen molar-refractivity contribution in [2.24, 2.45) is 0 Å². The Morgan fingerprint density at radius 1 is 1.60 bits per heavy atom. The maximum atomic E-state index is 13.2. The summed E-state index contributed by atoms with van der Waals surface area (Å²) in [4.78, 5) is 9.83. The van der Waals surface area contributed by atoms with E-state index in [1.54, 1.807) is 0 Å². The van der Waals surface area contributed by atoms with Gasteiger partial charge in [-0.15, -0.1) is 0 Å². The second kappa shape index (κ2) is 4.75. The van der Waals surface area contributed by atoms with Crippen molar-refractivity contribution in [2.45, 2.75) is 0 Å². The summed E-state index contributed by atoms with van der Waals surface area (Å²) in [7, 11) is 0. The molecule has 6 heteroatoms. The average Bonchev–Trinajstić information content (AvgIpc) is 2.16. The summed E-state index contributed by atoms with van der Waals surface area (Å²) in [6.07, 6.45) is 0. The van der Waals surface area contributed by atoms with Crippen LogP contribution in [0.1, 0.15) is 5.56 Å². The van der Waals surface area contributed by atoms with Gasteiger partial charge in [0.15, 0.2) is 0 Å². The number of benzene rings is 1. The summed E-state index contributed by atoms with van der Waals surface area (Å²) in [6.45, 7) is 0. The van der Waals surface area contributed by atoms with Crippen LogP contribution in [0.15, 0.2) is 12.1 Å². The van der Waals surface area contributed by atoms with Gasteiger partial charge in [0, 0.05) is 12.1 Å². The summed E-state index contributed by atoms with van der Waals surface area (Å²) < 4.78 is 13.2. The van der Waals surface area contributed by atoms with Crippen molar-refractivity contribution in [3.8, 4) is 11.8 Å². The van der Waals surface area contributed by atoms with Gasteiger partial charge in [-0.3, -0.25) is 10.1 Å². The zero-order chi connectivity index (χ0) is 11.4. The molecule has 0 fully saturated rings. The number of hydrogen-bond acceptors (Lipinski definition) is 3. The topological polar surface area (TPSA) is 69.2 Å². The van der Waals surface area contributed by atoms with Gasteiger partial charge in [-0.2, -0.15) is 0 Å². The molecule has 1 aromatic rings. The summed E-state index contributed by atoms with van der Waals surface area (Å²) in [5.74, 6) is 4.35. The van der Waals surface area contributed by atoms with Crippen molar-refractivity contribution in [3.05, 3.63) is 33.6 Å². The number of nitrogens with two attached hydrogens (primary N) is 1. The van der Waals surface area contributed by atoms with Crippen molar-refractivity contribution in [2.75, 3.05) is 11.1 Å². The summed E-state index contributed by atoms with van der Waals surface area (Å²) in [6, 6.07) is 1.93. The lowest BCUT2D eigenvalue weighted by molar-refractivity contribution is -0.384. The highest BCUT2D eigenvalue weighted by molar-refractivity contribution is 9.09. The first-order valence-corrected chi connectivity index (χ1v) is 4.96. The molecule has 0 spiro atoms. The van der Waals surface area contributed by atoms with E-state index in [1.165, 1.54) is 0 Å². The zero-order valence-electron chi connectivity index (χ0n) is 7.46. The maximum Gasteiger partial charge on any atom is 0.293 e. The first kappa shape index (κ1) is 11.5. The van der Waals surface area contributed by atoms with Gasteiger partial charge in [-0.25, -0.2) is 4.39 Å². The van der Waals surface area contributed by atoms with E-state index in [2.05, 4.69) is 27.8 Å². The van der Waals surface area contributed by atoms with Crippen LogP contribution in [-0.4, -0.2) is 10.3 Å². The Kier molecular flexibility index (Phi) is 3.63. The van der Waals surface area contributed by atoms with E-state index in [9.17, 15) is 14.5 Å². The third kappa shape index (κ3) is 2.67. The maximum absolute atomic E-state index is 13.2. The lowest BCUT2D eigenvalue weighted by Gasteiger charge is -1.99. The molecular formula is C9H6BrFN2O2. The molecule has 0 amide bonds. The second-order valence-corrected chi connectivity index (χ2v) is 3.14. The minimum Gasteiger partial charge on any atom is -0.393 e. The number of alkyl halides is 1. The molecule has 1 aromatic carbocycles. The summed E-state index contributed by atoms with van der Waals surface area (Å²) >= 11 is 3.04. The van der Waals surface area contributed by atoms with Gasteiger partial charge in [0.25, 0.3) is 5.69 Å². The molecule has 2 N–H and O–H groups in total. The van der Waals surface area contributed by atoms with E-state index in [-0.39, 0.29) is 16.9 Å². The number of nitro groups is 1. The van der Waals surface area contributed by atoms with E-state index >= 15 is 0 Å². The van der Waals surface area contributed by atoms with Crippen LogP contribution in [0.2, 0.25) is 0 Å². The van der Waals surface area contributed by atoms with Gasteiger partial charge in [0.1, 0.15) is 11.5 Å². The zero-order valence-corrected chi connectivity index (χ0v) is 9.04. The third-order valence-electron chi connectivity index (χ3n) is 1.60. The van der Waals surface area contributed by atoms with Crippen LogP contribution in [0.4, 0.5) is 15.8 Å².